The minimum Gasteiger partial charge on any atom is -0.473 e. The van der Waals surface area contributed by atoms with E-state index in [1.165, 1.54) is 0 Å². The van der Waals surface area contributed by atoms with E-state index in [-0.39, 0.29) is 0 Å². The third kappa shape index (κ3) is 4.27. The first kappa shape index (κ1) is 11.2. The van der Waals surface area contributed by atoms with Crippen molar-refractivity contribution >= 4 is 6.72 Å². The molecule has 2 nitrogen and oxygen atoms in total. The highest BCUT2D eigenvalue weighted by atomic mass is 16.5. The fraction of sp³-hybridized carbons (Fsp3) is 0.154. The van der Waals surface area contributed by atoms with Crippen molar-refractivity contribution in [1.29, 1.82) is 0 Å². The number of hydrogen-bond acceptors (Lipinski definition) is 2. The Morgan fingerprint density at radius 3 is 2.60 bits per heavy atom. The lowest BCUT2D eigenvalue weighted by atomic mass is 10.2. The molecule has 1 aromatic rings. The third-order valence-electron chi connectivity index (χ3n) is 1.76. The number of aliphatic imine (C=N–C) groups is 1. The molecule has 0 heterocycles. The molecule has 0 aliphatic rings. The van der Waals surface area contributed by atoms with Gasteiger partial charge in [-0.25, -0.2) is 4.99 Å². The van der Waals surface area contributed by atoms with Crippen LogP contribution in [0.15, 0.2) is 59.4 Å². The van der Waals surface area contributed by atoms with Gasteiger partial charge in [0.15, 0.2) is 0 Å². The van der Waals surface area contributed by atoms with Crippen molar-refractivity contribution in [3.63, 3.8) is 0 Å². The molecule has 0 spiro atoms. The lowest BCUT2D eigenvalue weighted by Gasteiger charge is -2.05. The Morgan fingerprint density at radius 1 is 1.40 bits per heavy atom. The molecule has 0 unspecified atom stereocenters. The van der Waals surface area contributed by atoms with Crippen LogP contribution in [0.3, 0.4) is 0 Å². The Hall–Kier alpha value is -1.83. The molecule has 0 aliphatic heterocycles. The van der Waals surface area contributed by atoms with E-state index in [0.29, 0.717) is 12.5 Å². The number of benzene rings is 1. The second-order valence-corrected chi connectivity index (χ2v) is 3.26. The van der Waals surface area contributed by atoms with Gasteiger partial charge in [-0.2, -0.15) is 0 Å². The van der Waals surface area contributed by atoms with E-state index in [2.05, 4.69) is 18.3 Å². The molecule has 2 heteroatoms. The standard InChI is InChI=1S/C13H15NO/c1-11(2)9-13(14-3)15-10-12-7-5-4-6-8-12/h4-9H,1,3,10H2,2H3/b13-9+. The van der Waals surface area contributed by atoms with Crippen molar-refractivity contribution in [1.82, 2.24) is 0 Å². The van der Waals surface area contributed by atoms with Gasteiger partial charge in [0.05, 0.1) is 0 Å². The van der Waals surface area contributed by atoms with Crippen molar-refractivity contribution < 1.29 is 4.74 Å². The molecule has 0 amide bonds. The Labute approximate surface area is 90.6 Å². The minimum absolute atomic E-state index is 0.499. The van der Waals surface area contributed by atoms with Crippen molar-refractivity contribution in [2.24, 2.45) is 4.99 Å². The predicted octanol–water partition coefficient (Wildman–Crippen LogP) is 3.32. The summed E-state index contributed by atoms with van der Waals surface area (Å²) in [5.41, 5.74) is 2.00. The van der Waals surface area contributed by atoms with Crippen LogP contribution in [0.5, 0.6) is 0 Å². The minimum atomic E-state index is 0.499. The van der Waals surface area contributed by atoms with Gasteiger partial charge < -0.3 is 4.74 Å². The SMILES string of the molecule is C=N/C(=C\C(=C)C)OCc1ccccc1. The maximum absolute atomic E-state index is 5.46. The predicted molar refractivity (Wildman–Crippen MR) is 63.7 cm³/mol. The summed E-state index contributed by atoms with van der Waals surface area (Å²) < 4.78 is 5.46. The molecule has 0 aromatic heterocycles. The summed E-state index contributed by atoms with van der Waals surface area (Å²) in [4.78, 5) is 3.77. The lowest BCUT2D eigenvalue weighted by Crippen LogP contribution is -1.91. The fourth-order valence-corrected chi connectivity index (χ4v) is 1.08. The fourth-order valence-electron chi connectivity index (χ4n) is 1.08. The van der Waals surface area contributed by atoms with Crippen molar-refractivity contribution in [3.8, 4) is 0 Å². The van der Waals surface area contributed by atoms with E-state index < -0.39 is 0 Å². The Bertz CT molecular complexity index is 365. The average molecular weight is 201 g/mol. The lowest BCUT2D eigenvalue weighted by molar-refractivity contribution is 0.197. The monoisotopic (exact) mass is 201 g/mol. The first-order chi connectivity index (χ1) is 7.22. The first-order valence-corrected chi connectivity index (χ1v) is 4.73. The molecule has 1 rings (SSSR count). The molecule has 0 N–H and O–H groups in total. The van der Waals surface area contributed by atoms with E-state index in [9.17, 15) is 0 Å². The van der Waals surface area contributed by atoms with Crippen LogP contribution < -0.4 is 0 Å². The number of allylic oxidation sites excluding steroid dienone is 2. The molecule has 1 aromatic carbocycles. The van der Waals surface area contributed by atoms with E-state index in [1.807, 2.05) is 37.3 Å². The van der Waals surface area contributed by atoms with Gasteiger partial charge in [-0.1, -0.05) is 42.5 Å². The topological polar surface area (TPSA) is 21.6 Å². The summed E-state index contributed by atoms with van der Waals surface area (Å²) in [6.07, 6.45) is 1.76. The van der Waals surface area contributed by atoms with Crippen LogP contribution in [0, 0.1) is 0 Å². The van der Waals surface area contributed by atoms with Gasteiger partial charge in [-0.3, -0.25) is 0 Å². The summed E-state index contributed by atoms with van der Waals surface area (Å²) in [5.74, 6) is 0.506. The first-order valence-electron chi connectivity index (χ1n) is 4.73. The molecule has 0 bridgehead atoms. The largest absolute Gasteiger partial charge is 0.473 e. The van der Waals surface area contributed by atoms with Gasteiger partial charge in [0, 0.05) is 6.08 Å². The molecule has 0 fully saturated rings. The molecule has 0 aliphatic carbocycles. The van der Waals surface area contributed by atoms with Crippen LogP contribution in [0.4, 0.5) is 0 Å². The van der Waals surface area contributed by atoms with E-state index in [1.54, 1.807) is 6.08 Å². The van der Waals surface area contributed by atoms with Gasteiger partial charge in [0.25, 0.3) is 0 Å². The second-order valence-electron chi connectivity index (χ2n) is 3.26. The molecule has 0 atom stereocenters. The van der Waals surface area contributed by atoms with E-state index in [4.69, 9.17) is 4.74 Å². The van der Waals surface area contributed by atoms with E-state index in [0.717, 1.165) is 11.1 Å². The maximum atomic E-state index is 5.46. The molecular weight excluding hydrogens is 186 g/mol. The highest BCUT2D eigenvalue weighted by Crippen LogP contribution is 2.08. The van der Waals surface area contributed by atoms with Crippen molar-refractivity contribution in [2.45, 2.75) is 13.5 Å². The second kappa shape index (κ2) is 5.81. The molecule has 0 saturated heterocycles. The number of hydrogen-bond donors (Lipinski definition) is 0. The average Bonchev–Trinajstić information content (AvgIpc) is 2.25. The van der Waals surface area contributed by atoms with Crippen LogP contribution in [0.1, 0.15) is 12.5 Å². The van der Waals surface area contributed by atoms with Crippen LogP contribution in [-0.2, 0) is 11.3 Å². The quantitative estimate of drug-likeness (QED) is 0.407. The zero-order valence-corrected chi connectivity index (χ0v) is 8.94. The normalized spacial score (nSPS) is 10.9. The Balaban J connectivity index is 2.56. The smallest absolute Gasteiger partial charge is 0.213 e. The summed E-state index contributed by atoms with van der Waals surface area (Å²) in [5, 5.41) is 0. The molecule has 0 saturated carbocycles. The van der Waals surface area contributed by atoms with Crippen LogP contribution in [0.2, 0.25) is 0 Å². The summed E-state index contributed by atoms with van der Waals surface area (Å²) in [7, 11) is 0. The third-order valence-corrected chi connectivity index (χ3v) is 1.76. The van der Waals surface area contributed by atoms with Gasteiger partial charge in [-0.05, 0) is 19.2 Å². The molecule has 15 heavy (non-hydrogen) atoms. The number of nitrogens with zero attached hydrogens (tertiary/aromatic N) is 1. The zero-order valence-electron chi connectivity index (χ0n) is 8.94. The highest BCUT2D eigenvalue weighted by Gasteiger charge is 1.95. The summed E-state index contributed by atoms with van der Waals surface area (Å²) >= 11 is 0. The van der Waals surface area contributed by atoms with Crippen LogP contribution >= 0.6 is 0 Å². The van der Waals surface area contributed by atoms with Gasteiger partial charge in [0.2, 0.25) is 5.88 Å². The molecule has 78 valence electrons. The van der Waals surface area contributed by atoms with Crippen molar-refractivity contribution in [3.05, 3.63) is 60.0 Å². The molecule has 0 radical (unpaired) electrons. The summed E-state index contributed by atoms with van der Waals surface area (Å²) in [6.45, 7) is 9.58. The Morgan fingerprint density at radius 2 is 2.07 bits per heavy atom. The summed E-state index contributed by atoms with van der Waals surface area (Å²) in [6, 6.07) is 9.92. The van der Waals surface area contributed by atoms with Crippen molar-refractivity contribution in [2.75, 3.05) is 0 Å². The highest BCUT2D eigenvalue weighted by molar-refractivity contribution is 5.29. The zero-order chi connectivity index (χ0) is 11.1. The number of ether oxygens (including phenoxy) is 1. The molecular formula is C13H15NO. The van der Waals surface area contributed by atoms with Crippen LogP contribution in [0.25, 0.3) is 0 Å². The van der Waals surface area contributed by atoms with Gasteiger partial charge in [-0.15, -0.1) is 0 Å². The van der Waals surface area contributed by atoms with Gasteiger partial charge >= 0.3 is 0 Å². The maximum Gasteiger partial charge on any atom is 0.213 e. The van der Waals surface area contributed by atoms with E-state index >= 15 is 0 Å². The number of rotatable bonds is 5. The van der Waals surface area contributed by atoms with Gasteiger partial charge in [0.1, 0.15) is 6.61 Å². The Kier molecular flexibility index (Phi) is 4.35. The van der Waals surface area contributed by atoms with Crippen LogP contribution in [-0.4, -0.2) is 6.72 Å².